The molecule has 0 atom stereocenters. The summed E-state index contributed by atoms with van der Waals surface area (Å²) >= 11 is 1.63. The molecule has 112 valence electrons. The molecule has 0 aliphatic carbocycles. The molecule has 0 aliphatic heterocycles. The second-order valence-electron chi connectivity index (χ2n) is 3.90. The summed E-state index contributed by atoms with van der Waals surface area (Å²) in [5, 5.41) is 8.78. The van der Waals surface area contributed by atoms with Crippen molar-refractivity contribution in [3.63, 3.8) is 0 Å². The number of carboxylic acids is 1. The summed E-state index contributed by atoms with van der Waals surface area (Å²) < 4.78 is 15.5. The van der Waals surface area contributed by atoms with Gasteiger partial charge in [0, 0.05) is 17.8 Å². The van der Waals surface area contributed by atoms with Crippen LogP contribution in [0.1, 0.15) is 10.4 Å². The summed E-state index contributed by atoms with van der Waals surface area (Å²) in [4.78, 5) is 11.7. The van der Waals surface area contributed by atoms with Crippen molar-refractivity contribution in [2.45, 2.75) is 4.90 Å². The third kappa shape index (κ3) is 7.49. The van der Waals surface area contributed by atoms with Gasteiger partial charge in [0.1, 0.15) is 0 Å². The van der Waals surface area contributed by atoms with Gasteiger partial charge in [0.25, 0.3) is 0 Å². The smallest absolute Gasteiger partial charge is 0.335 e. The fourth-order valence-electron chi connectivity index (χ4n) is 1.38. The van der Waals surface area contributed by atoms with Crippen LogP contribution in [-0.4, -0.2) is 57.0 Å². The molecule has 1 N–H and O–H groups in total. The van der Waals surface area contributed by atoms with Gasteiger partial charge in [-0.25, -0.2) is 4.79 Å². The van der Waals surface area contributed by atoms with Gasteiger partial charge in [0.2, 0.25) is 0 Å². The summed E-state index contributed by atoms with van der Waals surface area (Å²) in [6.07, 6.45) is 0. The Hall–Kier alpha value is -1.08. The van der Waals surface area contributed by atoms with Gasteiger partial charge < -0.3 is 19.3 Å². The van der Waals surface area contributed by atoms with Crippen molar-refractivity contribution in [3.8, 4) is 0 Å². The zero-order chi connectivity index (χ0) is 14.6. The lowest BCUT2D eigenvalue weighted by molar-refractivity contribution is 0.0286. The van der Waals surface area contributed by atoms with Gasteiger partial charge in [-0.15, -0.1) is 11.8 Å². The lowest BCUT2D eigenvalue weighted by Crippen LogP contribution is -2.09. The van der Waals surface area contributed by atoms with Crippen molar-refractivity contribution in [1.29, 1.82) is 0 Å². The molecule has 1 aromatic carbocycles. The standard InChI is InChI=1S/C14H20O5S/c1-17-6-7-18-8-9-19-10-11-20-13-4-2-12(3-5-13)14(15)16/h2-5H,6-11H2,1H3,(H,15,16). The Morgan fingerprint density at radius 3 is 2.25 bits per heavy atom. The third-order valence-corrected chi connectivity index (χ3v) is 3.38. The fraction of sp³-hybridized carbons (Fsp3) is 0.500. The molecule has 20 heavy (non-hydrogen) atoms. The normalized spacial score (nSPS) is 10.7. The molecule has 0 saturated carbocycles. The van der Waals surface area contributed by atoms with E-state index in [2.05, 4.69) is 0 Å². The van der Waals surface area contributed by atoms with Gasteiger partial charge >= 0.3 is 5.97 Å². The topological polar surface area (TPSA) is 65.0 Å². The number of carboxylic acid groups (broad SMARTS) is 1. The molecule has 0 spiro atoms. The number of rotatable bonds is 11. The zero-order valence-electron chi connectivity index (χ0n) is 11.5. The van der Waals surface area contributed by atoms with Crippen LogP contribution in [0, 0.1) is 0 Å². The van der Waals surface area contributed by atoms with Crippen LogP contribution in [0.5, 0.6) is 0 Å². The second kappa shape index (κ2) is 10.7. The Balaban J connectivity index is 2.02. The first kappa shape index (κ1) is 17.0. The Labute approximate surface area is 123 Å². The summed E-state index contributed by atoms with van der Waals surface area (Å²) in [6.45, 7) is 2.97. The maximum absolute atomic E-state index is 10.7. The SMILES string of the molecule is COCCOCCOCCSc1ccc(C(=O)O)cc1. The highest BCUT2D eigenvalue weighted by Crippen LogP contribution is 2.18. The van der Waals surface area contributed by atoms with E-state index in [0.717, 1.165) is 10.6 Å². The Bertz CT molecular complexity index is 380. The summed E-state index contributed by atoms with van der Waals surface area (Å²) in [6, 6.07) is 6.83. The van der Waals surface area contributed by atoms with Crippen LogP contribution in [0.15, 0.2) is 29.2 Å². The molecule has 0 radical (unpaired) electrons. The first-order valence-electron chi connectivity index (χ1n) is 6.34. The lowest BCUT2D eigenvalue weighted by atomic mass is 10.2. The van der Waals surface area contributed by atoms with E-state index in [0.29, 0.717) is 38.6 Å². The van der Waals surface area contributed by atoms with Gasteiger partial charge in [0.15, 0.2) is 0 Å². The van der Waals surface area contributed by atoms with Crippen LogP contribution in [-0.2, 0) is 14.2 Å². The minimum atomic E-state index is -0.904. The number of hydrogen-bond acceptors (Lipinski definition) is 5. The number of aromatic carboxylic acids is 1. The van der Waals surface area contributed by atoms with Crippen LogP contribution in [0.4, 0.5) is 0 Å². The number of thioether (sulfide) groups is 1. The van der Waals surface area contributed by atoms with Crippen LogP contribution < -0.4 is 0 Å². The monoisotopic (exact) mass is 300 g/mol. The van der Waals surface area contributed by atoms with Crippen LogP contribution in [0.3, 0.4) is 0 Å². The first-order chi connectivity index (χ1) is 9.74. The molecule has 5 nitrogen and oxygen atoms in total. The molecule has 0 bridgehead atoms. The quantitative estimate of drug-likeness (QED) is 0.499. The molecule has 6 heteroatoms. The molecule has 0 fully saturated rings. The summed E-state index contributed by atoms with van der Waals surface area (Å²) in [5.41, 5.74) is 0.304. The molecule has 0 saturated heterocycles. The molecule has 0 heterocycles. The van der Waals surface area contributed by atoms with E-state index in [-0.39, 0.29) is 0 Å². The zero-order valence-corrected chi connectivity index (χ0v) is 12.4. The molecular weight excluding hydrogens is 280 g/mol. The number of benzene rings is 1. The van der Waals surface area contributed by atoms with Crippen LogP contribution in [0.2, 0.25) is 0 Å². The van der Waals surface area contributed by atoms with E-state index in [9.17, 15) is 4.79 Å². The number of hydrogen-bond donors (Lipinski definition) is 1. The van der Waals surface area contributed by atoms with Gasteiger partial charge in [-0.05, 0) is 24.3 Å². The highest BCUT2D eigenvalue weighted by molar-refractivity contribution is 7.99. The van der Waals surface area contributed by atoms with Crippen molar-refractivity contribution in [2.75, 3.05) is 45.9 Å². The molecule has 1 rings (SSSR count). The molecule has 0 aliphatic rings. The highest BCUT2D eigenvalue weighted by atomic mass is 32.2. The Morgan fingerprint density at radius 2 is 1.65 bits per heavy atom. The largest absolute Gasteiger partial charge is 0.478 e. The predicted molar refractivity (Wildman–Crippen MR) is 77.6 cm³/mol. The maximum atomic E-state index is 10.7. The van der Waals surface area contributed by atoms with Gasteiger partial charge in [-0.2, -0.15) is 0 Å². The maximum Gasteiger partial charge on any atom is 0.335 e. The second-order valence-corrected chi connectivity index (χ2v) is 5.06. The Morgan fingerprint density at radius 1 is 1.05 bits per heavy atom. The molecule has 0 aromatic heterocycles. The van der Waals surface area contributed by atoms with E-state index in [1.807, 2.05) is 12.1 Å². The fourth-order valence-corrected chi connectivity index (χ4v) is 2.14. The number of methoxy groups -OCH3 is 1. The van der Waals surface area contributed by atoms with E-state index in [1.54, 1.807) is 31.0 Å². The van der Waals surface area contributed by atoms with Crippen molar-refractivity contribution >= 4 is 17.7 Å². The average Bonchev–Trinajstić information content (AvgIpc) is 2.46. The Kier molecular flexibility index (Phi) is 9.06. The summed E-state index contributed by atoms with van der Waals surface area (Å²) in [7, 11) is 1.64. The van der Waals surface area contributed by atoms with Crippen LogP contribution in [0.25, 0.3) is 0 Å². The van der Waals surface area contributed by atoms with Crippen molar-refractivity contribution < 1.29 is 24.1 Å². The van der Waals surface area contributed by atoms with Gasteiger partial charge in [0.05, 0.1) is 38.6 Å². The minimum absolute atomic E-state index is 0.304. The lowest BCUT2D eigenvalue weighted by Gasteiger charge is -2.05. The number of ether oxygens (including phenoxy) is 3. The van der Waals surface area contributed by atoms with Crippen molar-refractivity contribution in [3.05, 3.63) is 29.8 Å². The van der Waals surface area contributed by atoms with E-state index in [1.165, 1.54) is 0 Å². The van der Waals surface area contributed by atoms with E-state index >= 15 is 0 Å². The van der Waals surface area contributed by atoms with Gasteiger partial charge in [-0.1, -0.05) is 0 Å². The molecule has 1 aromatic rings. The van der Waals surface area contributed by atoms with E-state index in [4.69, 9.17) is 19.3 Å². The average molecular weight is 300 g/mol. The van der Waals surface area contributed by atoms with Gasteiger partial charge in [-0.3, -0.25) is 0 Å². The van der Waals surface area contributed by atoms with E-state index < -0.39 is 5.97 Å². The molecule has 0 unspecified atom stereocenters. The first-order valence-corrected chi connectivity index (χ1v) is 7.33. The van der Waals surface area contributed by atoms with Crippen molar-refractivity contribution in [1.82, 2.24) is 0 Å². The van der Waals surface area contributed by atoms with Crippen molar-refractivity contribution in [2.24, 2.45) is 0 Å². The third-order valence-electron chi connectivity index (χ3n) is 2.40. The minimum Gasteiger partial charge on any atom is -0.478 e. The predicted octanol–water partition coefficient (Wildman–Crippen LogP) is 2.16. The molecular formula is C14H20O5S. The molecule has 0 amide bonds. The summed E-state index contributed by atoms with van der Waals surface area (Å²) in [5.74, 6) is -0.0804. The number of carbonyl (C=O) groups is 1. The van der Waals surface area contributed by atoms with Crippen LogP contribution >= 0.6 is 11.8 Å². The highest BCUT2D eigenvalue weighted by Gasteiger charge is 2.01.